The summed E-state index contributed by atoms with van der Waals surface area (Å²) in [5.74, 6) is 0.717. The molecule has 0 aliphatic carbocycles. The Morgan fingerprint density at radius 3 is 2.62 bits per heavy atom. The van der Waals surface area contributed by atoms with Gasteiger partial charge in [-0.1, -0.05) is 13.8 Å². The van der Waals surface area contributed by atoms with Crippen LogP contribution in [0.4, 0.5) is 0 Å². The van der Waals surface area contributed by atoms with Crippen LogP contribution in [0.2, 0.25) is 0 Å². The number of hydrogen-bond donors (Lipinski definition) is 1. The molecule has 0 fully saturated rings. The average molecular weight is 181 g/mol. The van der Waals surface area contributed by atoms with Crippen molar-refractivity contribution in [3.63, 3.8) is 0 Å². The van der Waals surface area contributed by atoms with E-state index in [-0.39, 0.29) is 6.04 Å². The van der Waals surface area contributed by atoms with Crippen molar-refractivity contribution in [3.8, 4) is 0 Å². The largest absolute Gasteiger partial charge is 0.340 e. The molecule has 0 spiro atoms. The SMILES string of the molecule is CC(C)CCC(N)c1cn(C)cn1. The van der Waals surface area contributed by atoms with Crippen LogP contribution in [-0.2, 0) is 7.05 Å². The first kappa shape index (κ1) is 10.3. The molecule has 1 atom stereocenters. The maximum atomic E-state index is 5.98. The third kappa shape index (κ3) is 3.19. The van der Waals surface area contributed by atoms with Gasteiger partial charge in [0.25, 0.3) is 0 Å². The molecule has 3 nitrogen and oxygen atoms in total. The van der Waals surface area contributed by atoms with Crippen LogP contribution in [-0.4, -0.2) is 9.55 Å². The van der Waals surface area contributed by atoms with E-state index in [0.717, 1.165) is 24.5 Å². The molecule has 0 bridgehead atoms. The normalized spacial score (nSPS) is 13.6. The van der Waals surface area contributed by atoms with Gasteiger partial charge in [-0.3, -0.25) is 0 Å². The number of nitrogens with two attached hydrogens (primary N) is 1. The average Bonchev–Trinajstić information content (AvgIpc) is 2.47. The van der Waals surface area contributed by atoms with E-state index >= 15 is 0 Å². The Balaban J connectivity index is 2.44. The lowest BCUT2D eigenvalue weighted by Gasteiger charge is -2.09. The molecule has 0 radical (unpaired) electrons. The van der Waals surface area contributed by atoms with Gasteiger partial charge in [0.05, 0.1) is 12.0 Å². The van der Waals surface area contributed by atoms with Crippen LogP contribution >= 0.6 is 0 Å². The number of nitrogens with zero attached hydrogens (tertiary/aromatic N) is 2. The molecule has 0 saturated carbocycles. The summed E-state index contributed by atoms with van der Waals surface area (Å²) >= 11 is 0. The van der Waals surface area contributed by atoms with Crippen molar-refractivity contribution in [2.24, 2.45) is 18.7 Å². The van der Waals surface area contributed by atoms with Gasteiger partial charge in [0.1, 0.15) is 0 Å². The summed E-state index contributed by atoms with van der Waals surface area (Å²) in [6, 6.07) is 0.101. The lowest BCUT2D eigenvalue weighted by atomic mass is 10.0. The summed E-state index contributed by atoms with van der Waals surface area (Å²) in [6.07, 6.45) is 5.97. The molecule has 1 rings (SSSR count). The van der Waals surface area contributed by atoms with Crippen LogP contribution in [0.3, 0.4) is 0 Å². The first-order valence-electron chi connectivity index (χ1n) is 4.83. The molecule has 1 aromatic rings. The highest BCUT2D eigenvalue weighted by Gasteiger charge is 2.08. The minimum absolute atomic E-state index is 0.101. The van der Waals surface area contributed by atoms with Gasteiger partial charge in [-0.15, -0.1) is 0 Å². The van der Waals surface area contributed by atoms with Gasteiger partial charge in [0.2, 0.25) is 0 Å². The maximum absolute atomic E-state index is 5.98. The van der Waals surface area contributed by atoms with Crippen LogP contribution in [0.1, 0.15) is 38.4 Å². The molecule has 1 heterocycles. The summed E-state index contributed by atoms with van der Waals surface area (Å²) in [5, 5.41) is 0. The summed E-state index contributed by atoms with van der Waals surface area (Å²) in [4.78, 5) is 4.23. The highest BCUT2D eigenvalue weighted by molar-refractivity contribution is 5.02. The Kier molecular flexibility index (Phi) is 3.48. The molecule has 3 heteroatoms. The Hall–Kier alpha value is -0.830. The Morgan fingerprint density at radius 1 is 1.46 bits per heavy atom. The number of aromatic nitrogens is 2. The van der Waals surface area contributed by atoms with E-state index < -0.39 is 0 Å². The minimum Gasteiger partial charge on any atom is -0.340 e. The maximum Gasteiger partial charge on any atom is 0.0947 e. The van der Waals surface area contributed by atoms with E-state index in [1.54, 1.807) is 6.33 Å². The predicted octanol–water partition coefficient (Wildman–Crippen LogP) is 1.86. The van der Waals surface area contributed by atoms with Crippen molar-refractivity contribution < 1.29 is 0 Å². The highest BCUT2D eigenvalue weighted by atomic mass is 15.0. The van der Waals surface area contributed by atoms with Crippen LogP contribution in [0, 0.1) is 5.92 Å². The molecule has 0 aliphatic heterocycles. The second kappa shape index (κ2) is 4.42. The highest BCUT2D eigenvalue weighted by Crippen LogP contribution is 2.16. The van der Waals surface area contributed by atoms with Crippen molar-refractivity contribution in [2.75, 3.05) is 0 Å². The van der Waals surface area contributed by atoms with Gasteiger partial charge in [-0.05, 0) is 18.8 Å². The van der Waals surface area contributed by atoms with Crippen LogP contribution < -0.4 is 5.73 Å². The number of aryl methyl sites for hydroxylation is 1. The van der Waals surface area contributed by atoms with Gasteiger partial charge in [-0.25, -0.2) is 4.98 Å². The molecule has 0 aromatic carbocycles. The molecule has 0 aliphatic rings. The van der Waals surface area contributed by atoms with Crippen LogP contribution in [0.5, 0.6) is 0 Å². The van der Waals surface area contributed by atoms with Crippen molar-refractivity contribution >= 4 is 0 Å². The summed E-state index contributed by atoms with van der Waals surface area (Å²) in [6.45, 7) is 4.43. The molecule has 2 N–H and O–H groups in total. The fourth-order valence-corrected chi connectivity index (χ4v) is 1.29. The second-order valence-electron chi connectivity index (χ2n) is 4.04. The Morgan fingerprint density at radius 2 is 2.15 bits per heavy atom. The fraction of sp³-hybridized carbons (Fsp3) is 0.700. The lowest BCUT2D eigenvalue weighted by molar-refractivity contribution is 0.502. The summed E-state index contributed by atoms with van der Waals surface area (Å²) < 4.78 is 1.94. The molecular formula is C10H19N3. The molecule has 0 saturated heterocycles. The van der Waals surface area contributed by atoms with E-state index in [1.807, 2.05) is 17.8 Å². The smallest absolute Gasteiger partial charge is 0.0947 e. The molecule has 13 heavy (non-hydrogen) atoms. The first-order valence-corrected chi connectivity index (χ1v) is 4.83. The molecular weight excluding hydrogens is 162 g/mol. The lowest BCUT2D eigenvalue weighted by Crippen LogP contribution is -2.11. The van der Waals surface area contributed by atoms with Gasteiger partial charge in [0, 0.05) is 19.3 Å². The van der Waals surface area contributed by atoms with Gasteiger partial charge in [-0.2, -0.15) is 0 Å². The van der Waals surface area contributed by atoms with Crippen molar-refractivity contribution in [3.05, 3.63) is 18.2 Å². The summed E-state index contributed by atoms with van der Waals surface area (Å²) in [5.41, 5.74) is 6.98. The Labute approximate surface area is 80.0 Å². The van der Waals surface area contributed by atoms with Gasteiger partial charge >= 0.3 is 0 Å². The zero-order valence-electron chi connectivity index (χ0n) is 8.70. The second-order valence-corrected chi connectivity index (χ2v) is 4.04. The minimum atomic E-state index is 0.101. The topological polar surface area (TPSA) is 43.8 Å². The zero-order valence-corrected chi connectivity index (χ0v) is 8.70. The fourth-order valence-electron chi connectivity index (χ4n) is 1.29. The quantitative estimate of drug-likeness (QED) is 0.770. The third-order valence-electron chi connectivity index (χ3n) is 2.16. The van der Waals surface area contributed by atoms with E-state index in [9.17, 15) is 0 Å². The van der Waals surface area contributed by atoms with E-state index in [0.29, 0.717) is 0 Å². The Bertz CT molecular complexity index is 252. The molecule has 74 valence electrons. The van der Waals surface area contributed by atoms with Crippen LogP contribution in [0.15, 0.2) is 12.5 Å². The van der Waals surface area contributed by atoms with E-state index in [2.05, 4.69) is 18.8 Å². The molecule has 0 amide bonds. The zero-order chi connectivity index (χ0) is 9.84. The van der Waals surface area contributed by atoms with Crippen LogP contribution in [0.25, 0.3) is 0 Å². The predicted molar refractivity (Wildman–Crippen MR) is 54.2 cm³/mol. The first-order chi connectivity index (χ1) is 6.09. The van der Waals surface area contributed by atoms with Gasteiger partial charge < -0.3 is 10.3 Å². The molecule has 1 aromatic heterocycles. The van der Waals surface area contributed by atoms with Crippen molar-refractivity contribution in [2.45, 2.75) is 32.7 Å². The number of rotatable bonds is 4. The standard InChI is InChI=1S/C10H19N3/c1-8(2)4-5-9(11)10-6-13(3)7-12-10/h6-9H,4-5,11H2,1-3H3. The number of hydrogen-bond acceptors (Lipinski definition) is 2. The monoisotopic (exact) mass is 181 g/mol. The summed E-state index contributed by atoms with van der Waals surface area (Å²) in [7, 11) is 1.96. The van der Waals surface area contributed by atoms with Gasteiger partial charge in [0.15, 0.2) is 0 Å². The van der Waals surface area contributed by atoms with Crippen molar-refractivity contribution in [1.82, 2.24) is 9.55 Å². The van der Waals surface area contributed by atoms with E-state index in [1.165, 1.54) is 0 Å². The van der Waals surface area contributed by atoms with E-state index in [4.69, 9.17) is 5.73 Å². The van der Waals surface area contributed by atoms with Crippen molar-refractivity contribution in [1.29, 1.82) is 0 Å². The molecule has 1 unspecified atom stereocenters. The number of imidazole rings is 1. The third-order valence-corrected chi connectivity index (χ3v) is 2.16.